The van der Waals surface area contributed by atoms with Crippen molar-refractivity contribution in [2.24, 2.45) is 0 Å². The topological polar surface area (TPSA) is 0 Å². The second-order valence-electron chi connectivity index (χ2n) is 2.11. The van der Waals surface area contributed by atoms with Crippen LogP contribution in [0.15, 0.2) is 0 Å². The van der Waals surface area contributed by atoms with E-state index < -0.39 is 0 Å². The smallest absolute Gasteiger partial charge is 0.787 e. The molecule has 2 heteroatoms. The van der Waals surface area contributed by atoms with E-state index in [-0.39, 0.29) is 14.9 Å². The Morgan fingerprint density at radius 2 is 1.12 bits per heavy atom. The van der Waals surface area contributed by atoms with E-state index in [0.717, 1.165) is 0 Å². The van der Waals surface area contributed by atoms with E-state index in [4.69, 9.17) is 12.6 Å². The van der Waals surface area contributed by atoms with Gasteiger partial charge in [0.05, 0.1) is 0 Å². The van der Waals surface area contributed by atoms with Crippen LogP contribution < -0.4 is 0 Å². The zero-order valence-electron chi connectivity index (χ0n) is 6.32. The van der Waals surface area contributed by atoms with E-state index in [1.165, 1.54) is 0 Å². The van der Waals surface area contributed by atoms with Gasteiger partial charge in [-0.2, -0.15) is 11.7 Å². The average molecular weight is 127 g/mol. The second kappa shape index (κ2) is 7.52. The first-order valence-electron chi connectivity index (χ1n) is 2.41. The van der Waals surface area contributed by atoms with Gasteiger partial charge in [0, 0.05) is 0 Å². The summed E-state index contributed by atoms with van der Waals surface area (Å²) in [5.41, 5.74) is 0. The van der Waals surface area contributed by atoms with Crippen LogP contribution in [0, 0.1) is 6.92 Å². The Morgan fingerprint density at radius 3 is 1.12 bits per heavy atom. The molecule has 0 aliphatic carbocycles. The first-order valence-corrected chi connectivity index (χ1v) is 2.82. The van der Waals surface area contributed by atoms with Gasteiger partial charge in [0.2, 0.25) is 0 Å². The molecule has 0 nitrogen and oxygen atoms in total. The minimum absolute atomic E-state index is 0. The van der Waals surface area contributed by atoms with Crippen molar-refractivity contribution < 1.29 is 0 Å². The Hall–Kier alpha value is 0.519. The third kappa shape index (κ3) is 738. The molecule has 0 saturated heterocycles. The predicted molar refractivity (Wildman–Crippen MR) is 43.9 cm³/mol. The average Bonchev–Trinajstić information content (AvgIpc) is 1.36. The summed E-state index contributed by atoms with van der Waals surface area (Å²) >= 11 is 4.83. The number of rotatable bonds is 0. The molecule has 0 radical (unpaired) electrons. The van der Waals surface area contributed by atoms with Crippen molar-refractivity contribution in [2.45, 2.75) is 32.4 Å². The van der Waals surface area contributed by atoms with Crippen LogP contribution in [-0.2, 0) is 12.6 Å². The molecule has 0 aromatic carbocycles. The van der Waals surface area contributed by atoms with E-state index in [1.54, 1.807) is 6.92 Å². The Bertz CT molecular complexity index is 24.0. The summed E-state index contributed by atoms with van der Waals surface area (Å²) in [5.74, 6) is 0. The molecule has 0 amide bonds. The third-order valence-corrected chi connectivity index (χ3v) is 0. The van der Waals surface area contributed by atoms with Crippen molar-refractivity contribution in [3.05, 3.63) is 6.92 Å². The Kier molecular flexibility index (Phi) is 14.9. The van der Waals surface area contributed by atoms with Crippen molar-refractivity contribution in [2.75, 3.05) is 0 Å². The molecule has 0 spiro atoms. The Labute approximate surface area is 62.7 Å². The third-order valence-electron chi connectivity index (χ3n) is 0. The van der Waals surface area contributed by atoms with Crippen molar-refractivity contribution >= 4 is 22.7 Å². The molecule has 0 unspecified atom stereocenters. The molecule has 0 bridgehead atoms. The quantitative estimate of drug-likeness (QED) is 0.271. The van der Waals surface area contributed by atoms with Gasteiger partial charge >= 0.3 is 10.1 Å². The van der Waals surface area contributed by atoms with E-state index in [1.807, 2.05) is 20.8 Å². The largest absolute Gasteiger partial charge is 2.00 e. The summed E-state index contributed by atoms with van der Waals surface area (Å²) in [4.78, 5) is 0. The SMILES string of the molecule is CC(C)(C)[S-].[Be+2].[CH2-]C. The molecule has 8 heavy (non-hydrogen) atoms. The number of hydrogen-bond acceptors (Lipinski definition) is 1. The van der Waals surface area contributed by atoms with Crippen LogP contribution >= 0.6 is 0 Å². The standard InChI is InChI=1S/C4H10S.C2H5.Be/c1-4(2,3)5;1-2;/h5H,1-3H3;1H2,2H3;/q;-1;+2/p-1. The van der Waals surface area contributed by atoms with Gasteiger partial charge in [-0.15, -0.1) is 0 Å². The van der Waals surface area contributed by atoms with Crippen LogP contribution in [0.5, 0.6) is 0 Å². The first-order chi connectivity index (χ1) is 3.00. The summed E-state index contributed by atoms with van der Waals surface area (Å²) in [6.45, 7) is 11.0. The summed E-state index contributed by atoms with van der Waals surface area (Å²) in [6, 6.07) is 0. The van der Waals surface area contributed by atoms with Gasteiger partial charge in [-0.25, -0.2) is 0 Å². The van der Waals surface area contributed by atoms with E-state index in [9.17, 15) is 0 Å². The van der Waals surface area contributed by atoms with Crippen LogP contribution in [0.3, 0.4) is 0 Å². The number of hydrogen-bond donors (Lipinski definition) is 0. The first kappa shape index (κ1) is 15.8. The van der Waals surface area contributed by atoms with Crippen molar-refractivity contribution in [1.82, 2.24) is 0 Å². The van der Waals surface area contributed by atoms with E-state index in [2.05, 4.69) is 6.92 Å². The maximum Gasteiger partial charge on any atom is 2.00 e. The van der Waals surface area contributed by atoms with Crippen LogP contribution in [-0.4, -0.2) is 14.9 Å². The minimum atomic E-state index is 0. The Morgan fingerprint density at radius 1 is 1.12 bits per heavy atom. The summed E-state index contributed by atoms with van der Waals surface area (Å²) in [6.07, 6.45) is 0. The van der Waals surface area contributed by atoms with Gasteiger partial charge in [0.1, 0.15) is 0 Å². The van der Waals surface area contributed by atoms with Gasteiger partial charge in [-0.3, -0.25) is 0 Å². The minimum Gasteiger partial charge on any atom is -0.787 e. The second-order valence-corrected chi connectivity index (χ2v) is 3.34. The van der Waals surface area contributed by atoms with Crippen LogP contribution in [0.25, 0.3) is 0 Å². The molecule has 0 heterocycles. The van der Waals surface area contributed by atoms with Crippen molar-refractivity contribution in [1.29, 1.82) is 0 Å². The molecule has 0 aliphatic rings. The van der Waals surface area contributed by atoms with E-state index >= 15 is 0 Å². The zero-order valence-corrected chi connectivity index (χ0v) is 7.14. The molecule has 0 rings (SSSR count). The van der Waals surface area contributed by atoms with Gasteiger partial charge in [-0.1, -0.05) is 20.8 Å². The van der Waals surface area contributed by atoms with Crippen LogP contribution in [0.4, 0.5) is 0 Å². The summed E-state index contributed by atoms with van der Waals surface area (Å²) in [5, 5.41) is 0. The van der Waals surface area contributed by atoms with Gasteiger partial charge < -0.3 is 19.6 Å². The summed E-state index contributed by atoms with van der Waals surface area (Å²) < 4.78 is 0.0833. The summed E-state index contributed by atoms with van der Waals surface area (Å²) in [7, 11) is 0. The fourth-order valence-electron chi connectivity index (χ4n) is 0. The zero-order chi connectivity index (χ0) is 6.50. The van der Waals surface area contributed by atoms with Crippen molar-refractivity contribution in [3.63, 3.8) is 0 Å². The molecular formula is C6H14BeS. The molecule has 0 aromatic rings. The monoisotopic (exact) mass is 127 g/mol. The van der Waals surface area contributed by atoms with Crippen LogP contribution in [0.2, 0.25) is 0 Å². The normalized spacial score (nSPS) is 8.25. The molecule has 0 N–H and O–H groups in total. The fourth-order valence-corrected chi connectivity index (χ4v) is 0. The molecule has 0 saturated carbocycles. The molecule has 0 aromatic heterocycles. The molecule has 46 valence electrons. The molecule has 0 atom stereocenters. The fraction of sp³-hybridized carbons (Fsp3) is 0.833. The maximum atomic E-state index is 4.83. The van der Waals surface area contributed by atoms with Crippen LogP contribution in [0.1, 0.15) is 27.7 Å². The van der Waals surface area contributed by atoms with Gasteiger partial charge in [-0.05, 0) is 0 Å². The van der Waals surface area contributed by atoms with Gasteiger partial charge in [0.25, 0.3) is 0 Å². The Balaban J connectivity index is -0.0000000750. The van der Waals surface area contributed by atoms with Gasteiger partial charge in [0.15, 0.2) is 0 Å². The molecular weight excluding hydrogens is 113 g/mol. The molecule has 0 fully saturated rings. The molecule has 0 aliphatic heterocycles. The predicted octanol–water partition coefficient (Wildman–Crippen LogP) is 1.79. The maximum absolute atomic E-state index is 4.83. The van der Waals surface area contributed by atoms with E-state index in [0.29, 0.717) is 0 Å². The van der Waals surface area contributed by atoms with Crippen molar-refractivity contribution in [3.8, 4) is 0 Å².